The van der Waals surface area contributed by atoms with Gasteiger partial charge in [-0.05, 0) is 48.2 Å². The van der Waals surface area contributed by atoms with Crippen molar-refractivity contribution in [1.29, 1.82) is 0 Å². The van der Waals surface area contributed by atoms with Gasteiger partial charge in [0, 0.05) is 11.3 Å². The molecule has 2 heterocycles. The summed E-state index contributed by atoms with van der Waals surface area (Å²) in [6, 6.07) is 9.70. The summed E-state index contributed by atoms with van der Waals surface area (Å²) in [6.07, 6.45) is 3.89. The largest absolute Gasteiger partial charge is 0.464 e. The van der Waals surface area contributed by atoms with E-state index in [1.165, 1.54) is 7.11 Å². The third kappa shape index (κ3) is 2.79. The molecule has 0 saturated heterocycles. The summed E-state index contributed by atoms with van der Waals surface area (Å²) >= 11 is 0. The van der Waals surface area contributed by atoms with E-state index < -0.39 is 0 Å². The topological polar surface area (TPSA) is 87.7 Å². The molecule has 0 amide bonds. The second kappa shape index (κ2) is 6.46. The predicted octanol–water partition coefficient (Wildman–Crippen LogP) is 1.57. The molecule has 8 nitrogen and oxygen atoms in total. The van der Waals surface area contributed by atoms with Crippen LogP contribution in [0.4, 0.5) is 0 Å². The van der Waals surface area contributed by atoms with Gasteiger partial charge in [-0.3, -0.25) is 4.68 Å². The van der Waals surface area contributed by atoms with Crippen LogP contribution in [-0.2, 0) is 24.1 Å². The number of benzene rings is 1. The number of hydrogen-bond acceptors (Lipinski definition) is 6. The van der Waals surface area contributed by atoms with Gasteiger partial charge < -0.3 is 4.74 Å². The number of methoxy groups -OCH3 is 1. The zero-order valence-corrected chi connectivity index (χ0v) is 13.9. The van der Waals surface area contributed by atoms with Crippen LogP contribution in [0.3, 0.4) is 0 Å². The van der Waals surface area contributed by atoms with E-state index in [0.29, 0.717) is 18.1 Å². The van der Waals surface area contributed by atoms with Gasteiger partial charge in [-0.2, -0.15) is 9.78 Å². The second-order valence-corrected chi connectivity index (χ2v) is 5.97. The number of tetrazole rings is 1. The number of rotatable bonds is 4. The van der Waals surface area contributed by atoms with Gasteiger partial charge >= 0.3 is 5.97 Å². The summed E-state index contributed by atoms with van der Waals surface area (Å²) in [4.78, 5) is 12.0. The second-order valence-electron chi connectivity index (χ2n) is 5.97. The number of ether oxygens (including phenoxy) is 1. The van der Waals surface area contributed by atoms with Crippen LogP contribution < -0.4 is 0 Å². The number of esters is 1. The number of hydrogen-bond donors (Lipinski definition) is 0. The molecule has 4 rings (SSSR count). The van der Waals surface area contributed by atoms with E-state index in [1.54, 1.807) is 4.68 Å². The normalized spacial score (nSPS) is 13.5. The van der Waals surface area contributed by atoms with Gasteiger partial charge in [0.15, 0.2) is 11.5 Å². The van der Waals surface area contributed by atoms with Gasteiger partial charge in [-0.25, -0.2) is 4.79 Å². The monoisotopic (exact) mass is 338 g/mol. The maximum absolute atomic E-state index is 12.0. The molecule has 25 heavy (non-hydrogen) atoms. The highest BCUT2D eigenvalue weighted by molar-refractivity contribution is 5.89. The Kier molecular flexibility index (Phi) is 4.01. The Morgan fingerprint density at radius 3 is 2.80 bits per heavy atom. The van der Waals surface area contributed by atoms with Crippen LogP contribution in [0, 0.1) is 0 Å². The van der Waals surface area contributed by atoms with Crippen LogP contribution in [0.5, 0.6) is 0 Å². The minimum Gasteiger partial charge on any atom is -0.464 e. The highest BCUT2D eigenvalue weighted by Gasteiger charge is 2.26. The van der Waals surface area contributed by atoms with Gasteiger partial charge in [0.1, 0.15) is 6.54 Å². The molecule has 0 unspecified atom stereocenters. The smallest absolute Gasteiger partial charge is 0.358 e. The molecule has 0 aliphatic heterocycles. The highest BCUT2D eigenvalue weighted by atomic mass is 16.5. The molecule has 1 aliphatic rings. The standard InChI is InChI=1S/C17H18N6O2/c1-25-17(24)16-13-9-5-6-10-14(13)22(19-16)11-15-18-20-21-23(15)12-7-3-2-4-8-12/h2-4,7-8H,5-6,9-11H2,1H3. The summed E-state index contributed by atoms with van der Waals surface area (Å²) in [7, 11) is 1.38. The van der Waals surface area contributed by atoms with Crippen molar-refractivity contribution < 1.29 is 9.53 Å². The maximum Gasteiger partial charge on any atom is 0.358 e. The molecule has 8 heteroatoms. The van der Waals surface area contributed by atoms with Crippen molar-refractivity contribution >= 4 is 5.97 Å². The van der Waals surface area contributed by atoms with E-state index in [4.69, 9.17) is 4.74 Å². The summed E-state index contributed by atoms with van der Waals surface area (Å²) in [5.41, 5.74) is 3.37. The molecule has 0 fully saturated rings. The van der Waals surface area contributed by atoms with E-state index in [0.717, 1.165) is 42.6 Å². The van der Waals surface area contributed by atoms with Gasteiger partial charge in [-0.15, -0.1) is 5.10 Å². The molecule has 0 spiro atoms. The van der Waals surface area contributed by atoms with E-state index in [-0.39, 0.29) is 5.97 Å². The third-order valence-electron chi connectivity index (χ3n) is 4.46. The summed E-state index contributed by atoms with van der Waals surface area (Å²) in [6.45, 7) is 0.404. The molecule has 128 valence electrons. The first kappa shape index (κ1) is 15.5. The molecule has 0 N–H and O–H groups in total. The van der Waals surface area contributed by atoms with E-state index in [2.05, 4.69) is 20.6 Å². The van der Waals surface area contributed by atoms with Crippen molar-refractivity contribution in [3.63, 3.8) is 0 Å². The van der Waals surface area contributed by atoms with Crippen LogP contribution in [0.2, 0.25) is 0 Å². The van der Waals surface area contributed by atoms with Crippen LogP contribution in [0.15, 0.2) is 30.3 Å². The lowest BCUT2D eigenvalue weighted by Crippen LogP contribution is -2.14. The van der Waals surface area contributed by atoms with Crippen molar-refractivity contribution in [3.05, 3.63) is 53.1 Å². The zero-order valence-electron chi connectivity index (χ0n) is 13.9. The molecule has 1 aliphatic carbocycles. The maximum atomic E-state index is 12.0. The van der Waals surface area contributed by atoms with Gasteiger partial charge in [0.25, 0.3) is 0 Å². The Bertz CT molecular complexity index is 899. The minimum absolute atomic E-state index is 0.389. The number of nitrogens with zero attached hydrogens (tertiary/aromatic N) is 6. The first-order valence-electron chi connectivity index (χ1n) is 8.27. The predicted molar refractivity (Wildman–Crippen MR) is 88.5 cm³/mol. The summed E-state index contributed by atoms with van der Waals surface area (Å²) in [5, 5.41) is 16.5. The molecule has 0 atom stereocenters. The lowest BCUT2D eigenvalue weighted by molar-refractivity contribution is 0.0591. The number of carbonyl (C=O) groups is 1. The Morgan fingerprint density at radius 2 is 2.00 bits per heavy atom. The van der Waals surface area contributed by atoms with Gasteiger partial charge in [0.2, 0.25) is 0 Å². The third-order valence-corrected chi connectivity index (χ3v) is 4.46. The number of fused-ring (bicyclic) bond motifs is 1. The SMILES string of the molecule is COC(=O)c1nn(Cc2nnnn2-c2ccccc2)c2c1CCCC2. The number of para-hydroxylation sites is 1. The van der Waals surface area contributed by atoms with Crippen LogP contribution in [0.25, 0.3) is 5.69 Å². The summed E-state index contributed by atoms with van der Waals surface area (Å²) < 4.78 is 8.41. The molecule has 3 aromatic rings. The molecule has 0 saturated carbocycles. The first-order chi connectivity index (χ1) is 12.3. The molecular weight excluding hydrogens is 320 g/mol. The minimum atomic E-state index is -0.389. The molecule has 0 bridgehead atoms. The van der Waals surface area contributed by atoms with Crippen molar-refractivity contribution in [1.82, 2.24) is 30.0 Å². The zero-order chi connectivity index (χ0) is 17.2. The number of aromatic nitrogens is 6. The fraction of sp³-hybridized carbons (Fsp3) is 0.353. The fourth-order valence-corrected chi connectivity index (χ4v) is 3.27. The van der Waals surface area contributed by atoms with E-state index in [9.17, 15) is 4.79 Å². The molecular formula is C17H18N6O2. The molecule has 1 aromatic carbocycles. The van der Waals surface area contributed by atoms with Gasteiger partial charge in [0.05, 0.1) is 12.8 Å². The number of carbonyl (C=O) groups excluding carboxylic acids is 1. The van der Waals surface area contributed by atoms with Crippen molar-refractivity contribution in [2.45, 2.75) is 32.2 Å². The van der Waals surface area contributed by atoms with Crippen molar-refractivity contribution in [2.75, 3.05) is 7.11 Å². The van der Waals surface area contributed by atoms with E-state index >= 15 is 0 Å². The lowest BCUT2D eigenvalue weighted by Gasteiger charge is -2.14. The Morgan fingerprint density at radius 1 is 1.20 bits per heavy atom. The van der Waals surface area contributed by atoms with Crippen LogP contribution >= 0.6 is 0 Å². The van der Waals surface area contributed by atoms with Crippen LogP contribution in [0.1, 0.15) is 40.4 Å². The van der Waals surface area contributed by atoms with Crippen LogP contribution in [-0.4, -0.2) is 43.1 Å². The van der Waals surface area contributed by atoms with Crippen molar-refractivity contribution in [2.24, 2.45) is 0 Å². The van der Waals surface area contributed by atoms with E-state index in [1.807, 2.05) is 35.0 Å². The molecule has 2 aromatic heterocycles. The average molecular weight is 338 g/mol. The Labute approximate surface area is 144 Å². The quantitative estimate of drug-likeness (QED) is 0.671. The Hall–Kier alpha value is -3.03. The Balaban J connectivity index is 1.72. The average Bonchev–Trinajstić information content (AvgIpc) is 3.27. The fourth-order valence-electron chi connectivity index (χ4n) is 3.27. The first-order valence-corrected chi connectivity index (χ1v) is 8.27. The van der Waals surface area contributed by atoms with Gasteiger partial charge in [-0.1, -0.05) is 18.2 Å². The molecule has 0 radical (unpaired) electrons. The highest BCUT2D eigenvalue weighted by Crippen LogP contribution is 2.25. The van der Waals surface area contributed by atoms with Crippen molar-refractivity contribution in [3.8, 4) is 5.69 Å². The lowest BCUT2D eigenvalue weighted by atomic mass is 9.95. The summed E-state index contributed by atoms with van der Waals surface area (Å²) in [5.74, 6) is 0.276.